The summed E-state index contributed by atoms with van der Waals surface area (Å²) in [5.41, 5.74) is 0.582. The second kappa shape index (κ2) is 5.29. The van der Waals surface area contributed by atoms with Crippen LogP contribution in [0.25, 0.3) is 10.9 Å². The standard InChI is InChI=1S/C13H7ClN4O3/c14-8-3-4-9-10(6-8)16-7-17-13(9)21-11-2-1-5-15-12(11)18(19)20/h1-7H. The van der Waals surface area contributed by atoms with Crippen molar-refractivity contribution in [3.05, 3.63) is 58.0 Å². The van der Waals surface area contributed by atoms with Crippen molar-refractivity contribution >= 4 is 28.3 Å². The van der Waals surface area contributed by atoms with Gasteiger partial charge < -0.3 is 14.9 Å². The number of hydrogen-bond acceptors (Lipinski definition) is 6. The Labute approximate surface area is 123 Å². The second-order valence-corrected chi connectivity index (χ2v) is 4.46. The van der Waals surface area contributed by atoms with Crippen LogP contribution in [0.3, 0.4) is 0 Å². The van der Waals surface area contributed by atoms with Gasteiger partial charge in [-0.2, -0.15) is 0 Å². The third kappa shape index (κ3) is 2.59. The van der Waals surface area contributed by atoms with Crippen LogP contribution in [-0.4, -0.2) is 19.9 Å². The van der Waals surface area contributed by atoms with E-state index in [4.69, 9.17) is 16.3 Å². The van der Waals surface area contributed by atoms with E-state index in [2.05, 4.69) is 15.0 Å². The lowest BCUT2D eigenvalue weighted by atomic mass is 10.2. The highest BCUT2D eigenvalue weighted by atomic mass is 35.5. The zero-order valence-corrected chi connectivity index (χ0v) is 11.2. The molecule has 0 fully saturated rings. The van der Waals surface area contributed by atoms with Gasteiger partial charge in [-0.05, 0) is 40.2 Å². The van der Waals surface area contributed by atoms with Gasteiger partial charge in [0.05, 0.1) is 10.9 Å². The van der Waals surface area contributed by atoms with Gasteiger partial charge in [-0.25, -0.2) is 9.97 Å². The molecule has 21 heavy (non-hydrogen) atoms. The van der Waals surface area contributed by atoms with Crippen LogP contribution in [0, 0.1) is 10.1 Å². The molecule has 2 heterocycles. The summed E-state index contributed by atoms with van der Waals surface area (Å²) in [4.78, 5) is 22.1. The van der Waals surface area contributed by atoms with Crippen LogP contribution in [0.4, 0.5) is 5.82 Å². The fraction of sp³-hybridized carbons (Fsp3) is 0. The monoisotopic (exact) mass is 302 g/mol. The molecule has 0 aliphatic rings. The molecule has 2 aromatic heterocycles. The molecule has 8 heteroatoms. The second-order valence-electron chi connectivity index (χ2n) is 4.02. The van der Waals surface area contributed by atoms with E-state index in [-0.39, 0.29) is 17.4 Å². The van der Waals surface area contributed by atoms with Gasteiger partial charge in [0.15, 0.2) is 0 Å². The third-order valence-corrected chi connectivity index (χ3v) is 2.93. The number of nitro groups is 1. The number of ether oxygens (including phenoxy) is 1. The molecular formula is C13H7ClN4O3. The molecule has 3 rings (SSSR count). The number of benzene rings is 1. The molecule has 0 N–H and O–H groups in total. The number of pyridine rings is 1. The van der Waals surface area contributed by atoms with Crippen LogP contribution in [0.15, 0.2) is 42.9 Å². The largest absolute Gasteiger partial charge is 0.429 e. The van der Waals surface area contributed by atoms with Gasteiger partial charge >= 0.3 is 5.82 Å². The van der Waals surface area contributed by atoms with E-state index in [0.29, 0.717) is 15.9 Å². The molecule has 0 atom stereocenters. The lowest BCUT2D eigenvalue weighted by Crippen LogP contribution is -1.97. The quantitative estimate of drug-likeness (QED) is 0.544. The molecule has 0 aliphatic heterocycles. The summed E-state index contributed by atoms with van der Waals surface area (Å²) in [6.45, 7) is 0. The van der Waals surface area contributed by atoms with Crippen molar-refractivity contribution in [2.24, 2.45) is 0 Å². The van der Waals surface area contributed by atoms with Crippen molar-refractivity contribution in [2.45, 2.75) is 0 Å². The van der Waals surface area contributed by atoms with Gasteiger partial charge in [0.2, 0.25) is 11.6 Å². The summed E-state index contributed by atoms with van der Waals surface area (Å²) in [5, 5.41) is 12.1. The zero-order valence-electron chi connectivity index (χ0n) is 10.4. The van der Waals surface area contributed by atoms with E-state index in [9.17, 15) is 10.1 Å². The summed E-state index contributed by atoms with van der Waals surface area (Å²) in [6, 6.07) is 8.01. The molecule has 0 bridgehead atoms. The van der Waals surface area contributed by atoms with Crippen LogP contribution < -0.4 is 4.74 Å². The Kier molecular flexibility index (Phi) is 3.33. The first-order valence-corrected chi connectivity index (χ1v) is 6.20. The number of fused-ring (bicyclic) bond motifs is 1. The Hall–Kier alpha value is -2.80. The first-order chi connectivity index (χ1) is 10.1. The highest BCUT2D eigenvalue weighted by Crippen LogP contribution is 2.32. The predicted octanol–water partition coefficient (Wildman–Crippen LogP) is 3.38. The van der Waals surface area contributed by atoms with Crippen molar-refractivity contribution in [2.75, 3.05) is 0 Å². The fourth-order valence-corrected chi connectivity index (χ4v) is 1.96. The van der Waals surface area contributed by atoms with E-state index in [0.717, 1.165) is 0 Å². The molecular weight excluding hydrogens is 296 g/mol. The molecule has 7 nitrogen and oxygen atoms in total. The van der Waals surface area contributed by atoms with Crippen molar-refractivity contribution in [1.82, 2.24) is 15.0 Å². The van der Waals surface area contributed by atoms with Crippen LogP contribution >= 0.6 is 11.6 Å². The van der Waals surface area contributed by atoms with E-state index >= 15 is 0 Å². The van der Waals surface area contributed by atoms with Gasteiger partial charge in [0.25, 0.3) is 0 Å². The highest BCUT2D eigenvalue weighted by Gasteiger charge is 2.18. The molecule has 104 valence electrons. The zero-order chi connectivity index (χ0) is 14.8. The number of aromatic nitrogens is 3. The summed E-state index contributed by atoms with van der Waals surface area (Å²) in [5.74, 6) is -0.163. The molecule has 1 aromatic carbocycles. The minimum Gasteiger partial charge on any atom is -0.429 e. The van der Waals surface area contributed by atoms with Crippen LogP contribution in [0.2, 0.25) is 5.02 Å². The van der Waals surface area contributed by atoms with Crippen molar-refractivity contribution < 1.29 is 9.66 Å². The molecule has 0 radical (unpaired) electrons. The van der Waals surface area contributed by atoms with Crippen LogP contribution in [0.1, 0.15) is 0 Å². The lowest BCUT2D eigenvalue weighted by Gasteiger charge is -2.07. The number of hydrogen-bond donors (Lipinski definition) is 0. The van der Waals surface area contributed by atoms with Crippen LogP contribution in [-0.2, 0) is 0 Å². The van der Waals surface area contributed by atoms with E-state index in [1.54, 1.807) is 24.3 Å². The molecule has 0 unspecified atom stereocenters. The molecule has 0 amide bonds. The van der Waals surface area contributed by atoms with Crippen molar-refractivity contribution in [3.63, 3.8) is 0 Å². The normalized spacial score (nSPS) is 10.5. The number of rotatable bonds is 3. The molecule has 3 aromatic rings. The maximum Gasteiger partial charge on any atom is 0.406 e. The van der Waals surface area contributed by atoms with Crippen molar-refractivity contribution in [1.29, 1.82) is 0 Å². The average Bonchev–Trinajstić information content (AvgIpc) is 2.47. The Balaban J connectivity index is 2.09. The average molecular weight is 303 g/mol. The summed E-state index contributed by atoms with van der Waals surface area (Å²) < 4.78 is 5.53. The maximum absolute atomic E-state index is 10.9. The fourth-order valence-electron chi connectivity index (χ4n) is 1.79. The third-order valence-electron chi connectivity index (χ3n) is 2.69. The molecule has 0 spiro atoms. The SMILES string of the molecule is O=[N+]([O-])c1ncccc1Oc1ncnc2cc(Cl)ccc12. The van der Waals surface area contributed by atoms with Crippen LogP contribution in [0.5, 0.6) is 11.6 Å². The van der Waals surface area contributed by atoms with E-state index in [1.807, 2.05) is 0 Å². The van der Waals surface area contributed by atoms with E-state index < -0.39 is 4.92 Å². The minimum absolute atomic E-state index is 0.0115. The molecule has 0 aliphatic carbocycles. The maximum atomic E-state index is 10.9. The molecule has 0 saturated carbocycles. The predicted molar refractivity (Wildman–Crippen MR) is 75.5 cm³/mol. The van der Waals surface area contributed by atoms with Gasteiger partial charge in [-0.3, -0.25) is 0 Å². The van der Waals surface area contributed by atoms with E-state index in [1.165, 1.54) is 18.6 Å². The summed E-state index contributed by atoms with van der Waals surface area (Å²) in [6.07, 6.45) is 2.62. The van der Waals surface area contributed by atoms with Gasteiger partial charge in [0, 0.05) is 5.02 Å². The smallest absolute Gasteiger partial charge is 0.406 e. The number of halogens is 1. The summed E-state index contributed by atoms with van der Waals surface area (Å²) in [7, 11) is 0. The Bertz CT molecular complexity index is 841. The summed E-state index contributed by atoms with van der Waals surface area (Å²) >= 11 is 5.90. The molecule has 0 saturated heterocycles. The minimum atomic E-state index is -0.615. The van der Waals surface area contributed by atoms with Gasteiger partial charge in [-0.1, -0.05) is 11.6 Å². The van der Waals surface area contributed by atoms with Gasteiger partial charge in [-0.15, -0.1) is 0 Å². The Morgan fingerprint density at radius 2 is 2.05 bits per heavy atom. The van der Waals surface area contributed by atoms with Crippen molar-refractivity contribution in [3.8, 4) is 11.6 Å². The first kappa shape index (κ1) is 13.2. The topological polar surface area (TPSA) is 91.0 Å². The Morgan fingerprint density at radius 3 is 2.86 bits per heavy atom. The highest BCUT2D eigenvalue weighted by molar-refractivity contribution is 6.31. The Morgan fingerprint density at radius 1 is 1.19 bits per heavy atom. The van der Waals surface area contributed by atoms with Gasteiger partial charge in [0.1, 0.15) is 12.5 Å². The number of nitrogens with zero attached hydrogens (tertiary/aromatic N) is 4. The first-order valence-electron chi connectivity index (χ1n) is 5.82. The lowest BCUT2D eigenvalue weighted by molar-refractivity contribution is -0.390.